The molecular formula is C11H13BrClNO. The lowest BCUT2D eigenvalue weighted by Gasteiger charge is -2.12. The number of amides is 1. The monoisotopic (exact) mass is 289 g/mol. The minimum atomic E-state index is -0.530. The molecule has 0 bridgehead atoms. The number of alkyl halides is 1. The Kier molecular flexibility index (Phi) is 4.17. The van der Waals surface area contributed by atoms with E-state index < -0.39 is 5.38 Å². The van der Waals surface area contributed by atoms with Crippen LogP contribution < -0.4 is 5.32 Å². The molecule has 0 saturated heterocycles. The van der Waals surface area contributed by atoms with Gasteiger partial charge in [-0.15, -0.1) is 11.6 Å². The molecule has 0 spiro atoms. The molecule has 0 aliphatic rings. The number of hydrogen-bond donors (Lipinski definition) is 1. The highest BCUT2D eigenvalue weighted by Gasteiger charge is 2.12. The van der Waals surface area contributed by atoms with Crippen molar-refractivity contribution >= 4 is 39.1 Å². The third-order valence-corrected chi connectivity index (χ3v) is 2.86. The zero-order valence-electron chi connectivity index (χ0n) is 8.90. The summed E-state index contributed by atoms with van der Waals surface area (Å²) in [5.74, 6) is -0.190. The minimum Gasteiger partial charge on any atom is -0.324 e. The Bertz CT molecular complexity index is 367. The van der Waals surface area contributed by atoms with E-state index in [1.807, 2.05) is 26.0 Å². The second-order valence-corrected chi connectivity index (χ2v) is 5.05. The average molecular weight is 291 g/mol. The number of nitrogens with one attached hydrogen (secondary N) is 1. The van der Waals surface area contributed by atoms with Gasteiger partial charge in [0.25, 0.3) is 0 Å². The molecule has 4 heteroatoms. The number of carbonyl (C=O) groups excluding carboxylic acids is 1. The fourth-order valence-electron chi connectivity index (χ4n) is 1.30. The van der Waals surface area contributed by atoms with Crippen LogP contribution in [-0.4, -0.2) is 11.3 Å². The number of benzene rings is 1. The van der Waals surface area contributed by atoms with Gasteiger partial charge in [0.15, 0.2) is 0 Å². The number of carbonyl (C=O) groups is 1. The Morgan fingerprint density at radius 1 is 1.47 bits per heavy atom. The van der Waals surface area contributed by atoms with Gasteiger partial charge in [0, 0.05) is 4.47 Å². The fraction of sp³-hybridized carbons (Fsp3) is 0.364. The lowest BCUT2D eigenvalue weighted by molar-refractivity contribution is -0.115. The van der Waals surface area contributed by atoms with Crippen molar-refractivity contribution in [2.75, 3.05) is 5.32 Å². The largest absolute Gasteiger partial charge is 0.324 e. The summed E-state index contributed by atoms with van der Waals surface area (Å²) in [6.07, 6.45) is 0. The van der Waals surface area contributed by atoms with Crippen LogP contribution in [-0.2, 0) is 4.79 Å². The number of anilines is 1. The van der Waals surface area contributed by atoms with Crippen LogP contribution in [0.5, 0.6) is 0 Å². The van der Waals surface area contributed by atoms with Gasteiger partial charge >= 0.3 is 0 Å². The van der Waals surface area contributed by atoms with E-state index in [1.165, 1.54) is 0 Å². The normalized spacial score (nSPS) is 12.3. The quantitative estimate of drug-likeness (QED) is 0.828. The predicted octanol–water partition coefficient (Wildman–Crippen LogP) is 3.63. The summed E-state index contributed by atoms with van der Waals surface area (Å²) < 4.78 is 0.880. The van der Waals surface area contributed by atoms with Crippen LogP contribution in [0.4, 0.5) is 5.69 Å². The lowest BCUT2D eigenvalue weighted by atomic mass is 10.1. The van der Waals surface area contributed by atoms with Crippen molar-refractivity contribution in [1.29, 1.82) is 0 Å². The summed E-state index contributed by atoms with van der Waals surface area (Å²) >= 11 is 9.10. The van der Waals surface area contributed by atoms with Gasteiger partial charge in [-0.25, -0.2) is 0 Å². The van der Waals surface area contributed by atoms with E-state index in [-0.39, 0.29) is 5.91 Å². The Balaban J connectivity index is 3.00. The number of rotatable bonds is 2. The molecule has 15 heavy (non-hydrogen) atoms. The molecule has 1 aromatic carbocycles. The van der Waals surface area contributed by atoms with Crippen LogP contribution in [0.2, 0.25) is 0 Å². The van der Waals surface area contributed by atoms with Crippen LogP contribution in [0.1, 0.15) is 18.1 Å². The van der Waals surface area contributed by atoms with Gasteiger partial charge in [-0.3, -0.25) is 4.79 Å². The summed E-state index contributed by atoms with van der Waals surface area (Å²) in [4.78, 5) is 11.4. The van der Waals surface area contributed by atoms with Crippen LogP contribution in [0.3, 0.4) is 0 Å². The average Bonchev–Trinajstić information content (AvgIpc) is 2.10. The van der Waals surface area contributed by atoms with Crippen molar-refractivity contribution in [2.45, 2.75) is 26.1 Å². The van der Waals surface area contributed by atoms with E-state index in [1.54, 1.807) is 6.92 Å². The van der Waals surface area contributed by atoms with E-state index >= 15 is 0 Å². The van der Waals surface area contributed by atoms with Crippen LogP contribution in [0.15, 0.2) is 16.6 Å². The first-order chi connectivity index (χ1) is 6.91. The summed E-state index contributed by atoms with van der Waals surface area (Å²) in [6, 6.07) is 3.97. The van der Waals surface area contributed by atoms with E-state index in [0.29, 0.717) is 0 Å². The zero-order chi connectivity index (χ0) is 11.6. The van der Waals surface area contributed by atoms with Crippen molar-refractivity contribution in [3.8, 4) is 0 Å². The van der Waals surface area contributed by atoms with Crippen LogP contribution in [0, 0.1) is 13.8 Å². The van der Waals surface area contributed by atoms with Gasteiger partial charge < -0.3 is 5.32 Å². The summed E-state index contributed by atoms with van der Waals surface area (Å²) in [6.45, 7) is 5.61. The molecule has 1 rings (SSSR count). The molecule has 0 fully saturated rings. The summed E-state index contributed by atoms with van der Waals surface area (Å²) in [5.41, 5.74) is 2.96. The fourth-order valence-corrected chi connectivity index (χ4v) is 2.12. The standard InChI is InChI=1S/C11H13BrClNO/c1-6-4-7(2)10(9(12)5-6)14-11(15)8(3)13/h4-5,8H,1-3H3,(H,14,15). The predicted molar refractivity (Wildman–Crippen MR) is 67.6 cm³/mol. The number of halogens is 2. The number of hydrogen-bond acceptors (Lipinski definition) is 1. The van der Waals surface area contributed by atoms with E-state index in [9.17, 15) is 4.79 Å². The molecule has 1 atom stereocenters. The highest BCUT2D eigenvalue weighted by atomic mass is 79.9. The SMILES string of the molecule is Cc1cc(C)c(NC(=O)C(C)Cl)c(Br)c1. The van der Waals surface area contributed by atoms with Crippen LogP contribution >= 0.6 is 27.5 Å². The Labute approximate surface area is 103 Å². The molecule has 1 aromatic rings. The molecule has 0 radical (unpaired) electrons. The third kappa shape index (κ3) is 3.21. The zero-order valence-corrected chi connectivity index (χ0v) is 11.2. The van der Waals surface area contributed by atoms with Crippen molar-refractivity contribution in [3.05, 3.63) is 27.7 Å². The summed E-state index contributed by atoms with van der Waals surface area (Å²) in [7, 11) is 0. The minimum absolute atomic E-state index is 0.190. The second-order valence-electron chi connectivity index (χ2n) is 3.54. The van der Waals surface area contributed by atoms with Crippen molar-refractivity contribution in [3.63, 3.8) is 0 Å². The van der Waals surface area contributed by atoms with Crippen molar-refractivity contribution < 1.29 is 4.79 Å². The molecule has 0 aromatic heterocycles. The van der Waals surface area contributed by atoms with Crippen molar-refractivity contribution in [2.24, 2.45) is 0 Å². The molecule has 0 aliphatic heterocycles. The van der Waals surface area contributed by atoms with E-state index in [4.69, 9.17) is 11.6 Å². The van der Waals surface area contributed by atoms with Gasteiger partial charge in [-0.2, -0.15) is 0 Å². The smallest absolute Gasteiger partial charge is 0.242 e. The highest BCUT2D eigenvalue weighted by molar-refractivity contribution is 9.10. The number of aryl methyl sites for hydroxylation is 2. The first-order valence-electron chi connectivity index (χ1n) is 4.63. The summed E-state index contributed by atoms with van der Waals surface area (Å²) in [5, 5.41) is 2.26. The molecule has 2 nitrogen and oxygen atoms in total. The topological polar surface area (TPSA) is 29.1 Å². The Hall–Kier alpha value is -0.540. The molecular weight excluding hydrogens is 277 g/mol. The second kappa shape index (κ2) is 4.99. The first kappa shape index (κ1) is 12.5. The molecule has 1 unspecified atom stereocenters. The molecule has 0 saturated carbocycles. The maximum atomic E-state index is 11.4. The van der Waals surface area contributed by atoms with E-state index in [2.05, 4.69) is 21.2 Å². The van der Waals surface area contributed by atoms with E-state index in [0.717, 1.165) is 21.3 Å². The maximum Gasteiger partial charge on any atom is 0.242 e. The van der Waals surface area contributed by atoms with Crippen LogP contribution in [0.25, 0.3) is 0 Å². The van der Waals surface area contributed by atoms with Gasteiger partial charge in [0.2, 0.25) is 5.91 Å². The molecule has 0 aliphatic carbocycles. The Morgan fingerprint density at radius 3 is 2.53 bits per heavy atom. The maximum absolute atomic E-state index is 11.4. The lowest BCUT2D eigenvalue weighted by Crippen LogP contribution is -2.21. The first-order valence-corrected chi connectivity index (χ1v) is 5.86. The Morgan fingerprint density at radius 2 is 2.07 bits per heavy atom. The third-order valence-electron chi connectivity index (χ3n) is 2.04. The van der Waals surface area contributed by atoms with Crippen molar-refractivity contribution in [1.82, 2.24) is 0 Å². The van der Waals surface area contributed by atoms with Gasteiger partial charge in [-0.05, 0) is 53.9 Å². The molecule has 82 valence electrons. The van der Waals surface area contributed by atoms with Gasteiger partial charge in [0.05, 0.1) is 5.69 Å². The van der Waals surface area contributed by atoms with Gasteiger partial charge in [0.1, 0.15) is 5.38 Å². The molecule has 1 N–H and O–H groups in total. The highest BCUT2D eigenvalue weighted by Crippen LogP contribution is 2.28. The molecule has 1 amide bonds. The molecule has 0 heterocycles. The van der Waals surface area contributed by atoms with Gasteiger partial charge in [-0.1, -0.05) is 6.07 Å².